The van der Waals surface area contributed by atoms with Crippen LogP contribution in [-0.4, -0.2) is 34.3 Å². The normalized spacial score (nSPS) is 11.0. The maximum absolute atomic E-state index is 14.0. The average molecular weight is 459 g/mol. The summed E-state index contributed by atoms with van der Waals surface area (Å²) >= 11 is 0. The Morgan fingerprint density at radius 2 is 1.59 bits per heavy atom. The van der Waals surface area contributed by atoms with Crippen molar-refractivity contribution in [3.8, 4) is 11.5 Å². The molecule has 0 aliphatic carbocycles. The van der Waals surface area contributed by atoms with Crippen LogP contribution in [0.15, 0.2) is 72.8 Å². The number of nitrogens with zero attached hydrogens (tertiary/aromatic N) is 1. The Hall–Kier alpha value is -3.59. The van der Waals surface area contributed by atoms with Crippen LogP contribution in [-0.2, 0) is 21.4 Å². The van der Waals surface area contributed by atoms with Gasteiger partial charge in [0.2, 0.25) is 10.0 Å². The number of carbonyl (C=O) groups excluding carboxylic acids is 1. The Bertz CT molecular complexity index is 1170. The predicted octanol–water partition coefficient (Wildman–Crippen LogP) is 3.82. The largest absolute Gasteiger partial charge is 0.497 e. The number of hydrogen-bond acceptors (Lipinski definition) is 5. The fraction of sp³-hybridized carbons (Fsp3) is 0.174. The van der Waals surface area contributed by atoms with Gasteiger partial charge in [-0.1, -0.05) is 18.2 Å². The van der Waals surface area contributed by atoms with E-state index >= 15 is 0 Å². The zero-order chi connectivity index (χ0) is 23.1. The Kier molecular flexibility index (Phi) is 7.32. The van der Waals surface area contributed by atoms with Crippen LogP contribution in [0.3, 0.4) is 0 Å². The third-order valence-electron chi connectivity index (χ3n) is 4.54. The van der Waals surface area contributed by atoms with Gasteiger partial charge in [0, 0.05) is 11.3 Å². The fourth-order valence-electron chi connectivity index (χ4n) is 2.91. The average Bonchev–Trinajstić information content (AvgIpc) is 2.77. The van der Waals surface area contributed by atoms with Crippen LogP contribution < -0.4 is 19.1 Å². The third kappa shape index (κ3) is 6.21. The van der Waals surface area contributed by atoms with E-state index in [4.69, 9.17) is 9.47 Å². The topological polar surface area (TPSA) is 84.9 Å². The monoisotopic (exact) mass is 458 g/mol. The Labute approximate surface area is 186 Å². The van der Waals surface area contributed by atoms with Gasteiger partial charge < -0.3 is 14.8 Å². The van der Waals surface area contributed by atoms with E-state index < -0.39 is 15.8 Å². The van der Waals surface area contributed by atoms with Crippen LogP contribution in [0.25, 0.3) is 0 Å². The van der Waals surface area contributed by atoms with Crippen LogP contribution in [0.4, 0.5) is 15.8 Å². The number of amides is 1. The molecule has 0 spiro atoms. The van der Waals surface area contributed by atoms with Crippen molar-refractivity contribution in [2.45, 2.75) is 6.54 Å². The number of carbonyl (C=O) groups is 1. The lowest BCUT2D eigenvalue weighted by molar-refractivity contribution is -0.118. The van der Waals surface area contributed by atoms with Crippen molar-refractivity contribution in [1.82, 2.24) is 0 Å². The van der Waals surface area contributed by atoms with E-state index in [1.807, 2.05) is 0 Å². The Morgan fingerprint density at radius 1 is 0.969 bits per heavy atom. The molecule has 0 aliphatic rings. The number of anilines is 2. The molecular formula is C23H23FN2O5S. The lowest BCUT2D eigenvalue weighted by Crippen LogP contribution is -2.29. The third-order valence-corrected chi connectivity index (χ3v) is 5.68. The molecule has 0 saturated carbocycles. The molecule has 0 saturated heterocycles. The standard InChI is InChI=1S/C23H23FN2O5S/c1-30-20-11-7-18(8-12-20)25-23(27)16-31-21-13-9-19(10-14-21)26(32(2,28)29)15-17-5-3-4-6-22(17)24/h3-14H,15-16H2,1-2H3,(H,25,27). The van der Waals surface area contributed by atoms with Crippen LogP contribution in [0.1, 0.15) is 5.56 Å². The van der Waals surface area contributed by atoms with E-state index in [1.54, 1.807) is 67.8 Å². The molecule has 32 heavy (non-hydrogen) atoms. The molecule has 0 bridgehead atoms. The number of halogens is 1. The minimum atomic E-state index is -3.66. The Balaban J connectivity index is 1.63. The van der Waals surface area contributed by atoms with Gasteiger partial charge in [-0.2, -0.15) is 0 Å². The molecule has 3 aromatic rings. The van der Waals surface area contributed by atoms with Crippen molar-refractivity contribution >= 4 is 27.3 Å². The first-order chi connectivity index (χ1) is 15.3. The number of nitrogens with one attached hydrogen (secondary N) is 1. The molecule has 1 amide bonds. The first-order valence-corrected chi connectivity index (χ1v) is 11.5. The van der Waals surface area contributed by atoms with Gasteiger partial charge in [-0.3, -0.25) is 9.10 Å². The zero-order valence-electron chi connectivity index (χ0n) is 17.6. The van der Waals surface area contributed by atoms with Crippen molar-refractivity contribution in [3.05, 3.63) is 84.2 Å². The van der Waals surface area contributed by atoms with Crippen molar-refractivity contribution < 1.29 is 27.1 Å². The molecule has 7 nitrogen and oxygen atoms in total. The van der Waals surface area contributed by atoms with Crippen molar-refractivity contribution in [3.63, 3.8) is 0 Å². The first kappa shape index (κ1) is 23.1. The number of ether oxygens (including phenoxy) is 2. The quantitative estimate of drug-likeness (QED) is 0.527. The molecule has 9 heteroatoms. The van der Waals surface area contributed by atoms with E-state index in [9.17, 15) is 17.6 Å². The summed E-state index contributed by atoms with van der Waals surface area (Å²) in [6, 6.07) is 19.1. The molecular weight excluding hydrogens is 435 g/mol. The van der Waals surface area contributed by atoms with Crippen molar-refractivity contribution in [1.29, 1.82) is 0 Å². The van der Waals surface area contributed by atoms with Gasteiger partial charge in [-0.15, -0.1) is 0 Å². The van der Waals surface area contributed by atoms with Gasteiger partial charge in [0.25, 0.3) is 5.91 Å². The van der Waals surface area contributed by atoms with E-state index in [2.05, 4.69) is 5.32 Å². The summed E-state index contributed by atoms with van der Waals surface area (Å²) in [5, 5.41) is 2.70. The summed E-state index contributed by atoms with van der Waals surface area (Å²) in [5.41, 5.74) is 1.21. The summed E-state index contributed by atoms with van der Waals surface area (Å²) in [7, 11) is -2.10. The highest BCUT2D eigenvalue weighted by Crippen LogP contribution is 2.24. The van der Waals surface area contributed by atoms with Crippen LogP contribution in [0, 0.1) is 5.82 Å². The van der Waals surface area contributed by atoms with Crippen molar-refractivity contribution in [2.24, 2.45) is 0 Å². The summed E-state index contributed by atoms with van der Waals surface area (Å²) in [6.07, 6.45) is 1.06. The highest BCUT2D eigenvalue weighted by molar-refractivity contribution is 7.92. The molecule has 3 aromatic carbocycles. The SMILES string of the molecule is COc1ccc(NC(=O)COc2ccc(N(Cc3ccccc3F)S(C)(=O)=O)cc2)cc1. The van der Waals surface area contributed by atoms with Crippen LogP contribution >= 0.6 is 0 Å². The number of rotatable bonds is 9. The number of hydrogen-bond donors (Lipinski definition) is 1. The van der Waals surface area contributed by atoms with Crippen LogP contribution in [0.2, 0.25) is 0 Å². The molecule has 0 heterocycles. The Morgan fingerprint density at radius 3 is 2.19 bits per heavy atom. The van der Waals surface area contributed by atoms with E-state index in [1.165, 1.54) is 12.1 Å². The maximum Gasteiger partial charge on any atom is 0.262 e. The molecule has 168 valence electrons. The van der Waals surface area contributed by atoms with Gasteiger partial charge in [-0.25, -0.2) is 12.8 Å². The fourth-order valence-corrected chi connectivity index (χ4v) is 3.79. The summed E-state index contributed by atoms with van der Waals surface area (Å²) in [6.45, 7) is -0.369. The maximum atomic E-state index is 14.0. The molecule has 3 rings (SSSR count). The lowest BCUT2D eigenvalue weighted by Gasteiger charge is -2.23. The van der Waals surface area contributed by atoms with Gasteiger partial charge in [0.1, 0.15) is 17.3 Å². The molecule has 1 N–H and O–H groups in total. The number of sulfonamides is 1. The second kappa shape index (κ2) is 10.1. The second-order valence-electron chi connectivity index (χ2n) is 6.92. The minimum Gasteiger partial charge on any atom is -0.497 e. The highest BCUT2D eigenvalue weighted by Gasteiger charge is 2.19. The summed E-state index contributed by atoms with van der Waals surface area (Å²) in [4.78, 5) is 12.1. The van der Waals surface area contributed by atoms with Gasteiger partial charge in [-0.05, 0) is 54.6 Å². The minimum absolute atomic E-state index is 0.143. The molecule has 0 unspecified atom stereocenters. The lowest BCUT2D eigenvalue weighted by atomic mass is 10.2. The van der Waals surface area contributed by atoms with Crippen molar-refractivity contribution in [2.75, 3.05) is 29.6 Å². The second-order valence-corrected chi connectivity index (χ2v) is 8.83. The predicted molar refractivity (Wildman–Crippen MR) is 121 cm³/mol. The first-order valence-electron chi connectivity index (χ1n) is 9.64. The molecule has 0 aliphatic heterocycles. The molecule has 0 atom stereocenters. The summed E-state index contributed by atoms with van der Waals surface area (Å²) < 4.78 is 50.2. The van der Waals surface area contributed by atoms with Gasteiger partial charge >= 0.3 is 0 Å². The number of benzene rings is 3. The van der Waals surface area contributed by atoms with Crippen LogP contribution in [0.5, 0.6) is 11.5 Å². The van der Waals surface area contributed by atoms with Gasteiger partial charge in [0.05, 0.1) is 25.6 Å². The molecule has 0 fully saturated rings. The van der Waals surface area contributed by atoms with E-state index in [-0.39, 0.29) is 24.6 Å². The zero-order valence-corrected chi connectivity index (χ0v) is 18.4. The summed E-state index contributed by atoms with van der Waals surface area (Å²) in [5.74, 6) is 0.232. The van der Waals surface area contributed by atoms with Gasteiger partial charge in [0.15, 0.2) is 6.61 Å². The van der Waals surface area contributed by atoms with E-state index in [0.717, 1.165) is 10.6 Å². The smallest absolute Gasteiger partial charge is 0.262 e. The van der Waals surface area contributed by atoms with E-state index in [0.29, 0.717) is 22.9 Å². The highest BCUT2D eigenvalue weighted by atomic mass is 32.2. The molecule has 0 aromatic heterocycles. The molecule has 0 radical (unpaired) electrons. The number of methoxy groups -OCH3 is 1.